The van der Waals surface area contributed by atoms with Gasteiger partial charge in [0, 0.05) is 18.6 Å². The fourth-order valence-corrected chi connectivity index (χ4v) is 2.00. The second-order valence-corrected chi connectivity index (χ2v) is 4.91. The Bertz CT molecular complexity index is 137. The first-order valence-electron chi connectivity index (χ1n) is 6.10. The van der Waals surface area contributed by atoms with Gasteiger partial charge in [-0.25, -0.2) is 0 Å². The van der Waals surface area contributed by atoms with Crippen LogP contribution < -0.4 is 5.32 Å². The summed E-state index contributed by atoms with van der Waals surface area (Å²) in [7, 11) is 4.30. The predicted molar refractivity (Wildman–Crippen MR) is 62.6 cm³/mol. The van der Waals surface area contributed by atoms with E-state index in [1.54, 1.807) is 0 Å². The minimum atomic E-state index is 0.651. The number of hydrogen-bond donors (Lipinski definition) is 1. The van der Waals surface area contributed by atoms with Gasteiger partial charge >= 0.3 is 0 Å². The van der Waals surface area contributed by atoms with Gasteiger partial charge in [0.15, 0.2) is 0 Å². The topological polar surface area (TPSA) is 15.3 Å². The second kappa shape index (κ2) is 6.41. The highest BCUT2D eigenvalue weighted by molar-refractivity contribution is 4.73. The number of rotatable bonds is 4. The minimum absolute atomic E-state index is 0.651. The average Bonchev–Trinajstić information content (AvgIpc) is 2.42. The molecule has 0 saturated heterocycles. The standard InChI is InChI=1S/C12H26N2/c1-11(14(2)3)10-13-12-8-6-4-5-7-9-12/h11-13H,4-10H2,1-3H3. The molecule has 14 heavy (non-hydrogen) atoms. The number of nitrogens with zero attached hydrogens (tertiary/aromatic N) is 1. The van der Waals surface area contributed by atoms with Gasteiger partial charge in [-0.15, -0.1) is 0 Å². The summed E-state index contributed by atoms with van der Waals surface area (Å²) in [6.07, 6.45) is 8.52. The molecule has 1 fully saturated rings. The summed E-state index contributed by atoms with van der Waals surface area (Å²) >= 11 is 0. The molecule has 0 aromatic carbocycles. The molecule has 0 aromatic rings. The lowest BCUT2D eigenvalue weighted by Crippen LogP contribution is -2.40. The van der Waals surface area contributed by atoms with Crippen LogP contribution in [0.15, 0.2) is 0 Å². The Labute approximate surface area is 89.1 Å². The van der Waals surface area contributed by atoms with E-state index in [-0.39, 0.29) is 0 Å². The number of nitrogens with one attached hydrogen (secondary N) is 1. The Balaban J connectivity index is 2.15. The number of likely N-dealkylation sites (N-methyl/N-ethyl adjacent to an activating group) is 1. The van der Waals surface area contributed by atoms with E-state index in [9.17, 15) is 0 Å². The molecule has 2 heteroatoms. The fourth-order valence-electron chi connectivity index (χ4n) is 2.00. The van der Waals surface area contributed by atoms with Gasteiger partial charge in [0.25, 0.3) is 0 Å². The SMILES string of the molecule is CC(CNC1CCCCCC1)N(C)C. The highest BCUT2D eigenvalue weighted by atomic mass is 15.1. The van der Waals surface area contributed by atoms with Crippen molar-refractivity contribution < 1.29 is 0 Å². The molecule has 2 nitrogen and oxygen atoms in total. The summed E-state index contributed by atoms with van der Waals surface area (Å²) < 4.78 is 0. The van der Waals surface area contributed by atoms with Crippen molar-refractivity contribution in [3.63, 3.8) is 0 Å². The van der Waals surface area contributed by atoms with Gasteiger partial charge in [-0.3, -0.25) is 0 Å². The highest BCUT2D eigenvalue weighted by Gasteiger charge is 2.12. The van der Waals surface area contributed by atoms with Gasteiger partial charge in [0.2, 0.25) is 0 Å². The van der Waals surface area contributed by atoms with E-state index in [0.29, 0.717) is 6.04 Å². The Morgan fingerprint density at radius 1 is 1.14 bits per heavy atom. The van der Waals surface area contributed by atoms with Crippen molar-refractivity contribution >= 4 is 0 Å². The molecule has 0 bridgehead atoms. The van der Waals surface area contributed by atoms with Crippen LogP contribution in [0.5, 0.6) is 0 Å². The van der Waals surface area contributed by atoms with E-state index in [2.05, 4.69) is 31.2 Å². The van der Waals surface area contributed by atoms with Crippen molar-refractivity contribution in [3.05, 3.63) is 0 Å². The monoisotopic (exact) mass is 198 g/mol. The molecule has 1 aliphatic rings. The predicted octanol–water partition coefficient (Wildman–Crippen LogP) is 2.25. The van der Waals surface area contributed by atoms with Gasteiger partial charge in [0.05, 0.1) is 0 Å². The van der Waals surface area contributed by atoms with Gasteiger partial charge in [-0.2, -0.15) is 0 Å². The Kier molecular flexibility index (Phi) is 5.49. The van der Waals surface area contributed by atoms with Crippen molar-refractivity contribution in [1.82, 2.24) is 10.2 Å². The molecule has 1 N–H and O–H groups in total. The Morgan fingerprint density at radius 2 is 1.71 bits per heavy atom. The molecule has 1 unspecified atom stereocenters. The summed E-state index contributed by atoms with van der Waals surface area (Å²) in [6.45, 7) is 3.42. The van der Waals surface area contributed by atoms with Crippen molar-refractivity contribution in [2.45, 2.75) is 57.5 Å². The first kappa shape index (κ1) is 12.0. The normalized spacial score (nSPS) is 22.3. The second-order valence-electron chi connectivity index (χ2n) is 4.91. The highest BCUT2D eigenvalue weighted by Crippen LogP contribution is 2.17. The lowest BCUT2D eigenvalue weighted by molar-refractivity contribution is 0.288. The summed E-state index contributed by atoms with van der Waals surface area (Å²) in [5, 5.41) is 3.70. The molecule has 1 saturated carbocycles. The third-order valence-corrected chi connectivity index (χ3v) is 3.44. The molecular weight excluding hydrogens is 172 g/mol. The van der Waals surface area contributed by atoms with E-state index in [1.807, 2.05) is 0 Å². The van der Waals surface area contributed by atoms with Crippen molar-refractivity contribution in [2.75, 3.05) is 20.6 Å². The maximum absolute atomic E-state index is 3.70. The van der Waals surface area contributed by atoms with Crippen LogP contribution in [0.2, 0.25) is 0 Å². The first-order valence-corrected chi connectivity index (χ1v) is 6.10. The van der Waals surface area contributed by atoms with E-state index in [4.69, 9.17) is 0 Å². The molecule has 1 atom stereocenters. The summed E-state index contributed by atoms with van der Waals surface area (Å²) in [5.41, 5.74) is 0. The van der Waals surface area contributed by atoms with Crippen molar-refractivity contribution in [1.29, 1.82) is 0 Å². The van der Waals surface area contributed by atoms with Crippen LogP contribution in [0.25, 0.3) is 0 Å². The zero-order chi connectivity index (χ0) is 10.4. The summed E-state index contributed by atoms with van der Waals surface area (Å²) in [6, 6.07) is 1.44. The fraction of sp³-hybridized carbons (Fsp3) is 1.00. The van der Waals surface area contributed by atoms with Crippen molar-refractivity contribution in [2.24, 2.45) is 0 Å². The molecule has 0 aromatic heterocycles. The smallest absolute Gasteiger partial charge is 0.0186 e. The van der Waals surface area contributed by atoms with Crippen LogP contribution >= 0.6 is 0 Å². The van der Waals surface area contributed by atoms with Crippen LogP contribution in [-0.4, -0.2) is 37.6 Å². The van der Waals surface area contributed by atoms with E-state index in [1.165, 1.54) is 38.5 Å². The molecule has 1 aliphatic carbocycles. The lowest BCUT2D eigenvalue weighted by atomic mass is 10.1. The van der Waals surface area contributed by atoms with Crippen LogP contribution in [0.1, 0.15) is 45.4 Å². The molecule has 1 rings (SSSR count). The van der Waals surface area contributed by atoms with Crippen LogP contribution in [0.4, 0.5) is 0 Å². The van der Waals surface area contributed by atoms with Gasteiger partial charge in [0.1, 0.15) is 0 Å². The van der Waals surface area contributed by atoms with Gasteiger partial charge in [-0.05, 0) is 33.9 Å². The molecule has 0 amide bonds. The van der Waals surface area contributed by atoms with Gasteiger partial charge in [-0.1, -0.05) is 25.7 Å². The Hall–Kier alpha value is -0.0800. The van der Waals surface area contributed by atoms with E-state index >= 15 is 0 Å². The third-order valence-electron chi connectivity index (χ3n) is 3.44. The third kappa shape index (κ3) is 4.43. The largest absolute Gasteiger partial charge is 0.312 e. The maximum atomic E-state index is 3.70. The van der Waals surface area contributed by atoms with Crippen LogP contribution in [0, 0.1) is 0 Å². The minimum Gasteiger partial charge on any atom is -0.312 e. The average molecular weight is 198 g/mol. The maximum Gasteiger partial charge on any atom is 0.0186 e. The molecule has 0 heterocycles. The van der Waals surface area contributed by atoms with Gasteiger partial charge < -0.3 is 10.2 Å². The van der Waals surface area contributed by atoms with E-state index in [0.717, 1.165) is 12.6 Å². The molecular formula is C12H26N2. The Morgan fingerprint density at radius 3 is 2.21 bits per heavy atom. The summed E-state index contributed by atoms with van der Waals surface area (Å²) in [5.74, 6) is 0. The molecule has 0 aliphatic heterocycles. The molecule has 84 valence electrons. The number of hydrogen-bond acceptors (Lipinski definition) is 2. The molecule has 0 spiro atoms. The van der Waals surface area contributed by atoms with Crippen molar-refractivity contribution in [3.8, 4) is 0 Å². The first-order chi connectivity index (χ1) is 6.70. The van der Waals surface area contributed by atoms with Crippen LogP contribution in [-0.2, 0) is 0 Å². The van der Waals surface area contributed by atoms with Crippen LogP contribution in [0.3, 0.4) is 0 Å². The lowest BCUT2D eigenvalue weighted by Gasteiger charge is -2.23. The summed E-state index contributed by atoms with van der Waals surface area (Å²) in [4.78, 5) is 2.28. The quantitative estimate of drug-likeness (QED) is 0.697. The zero-order valence-electron chi connectivity index (χ0n) is 10.1. The zero-order valence-corrected chi connectivity index (χ0v) is 10.1. The van der Waals surface area contributed by atoms with E-state index < -0.39 is 0 Å². The molecule has 0 radical (unpaired) electrons.